The van der Waals surface area contributed by atoms with Gasteiger partial charge < -0.3 is 9.80 Å². The molecule has 0 bridgehead atoms. The molecule has 3 aliphatic carbocycles. The first-order valence-electron chi connectivity index (χ1n) is 25.8. The van der Waals surface area contributed by atoms with Gasteiger partial charge in [-0.25, -0.2) is 0 Å². The van der Waals surface area contributed by atoms with Crippen LogP contribution in [0.4, 0.5) is 5.69 Å². The van der Waals surface area contributed by atoms with E-state index in [2.05, 4.69) is 222 Å². The van der Waals surface area contributed by atoms with E-state index in [0.29, 0.717) is 17.8 Å². The van der Waals surface area contributed by atoms with E-state index in [-0.39, 0.29) is 28.3 Å². The highest BCUT2D eigenvalue weighted by Gasteiger charge is 2.39. The average molecular weight is 908 g/mol. The van der Waals surface area contributed by atoms with Crippen molar-refractivity contribution in [1.82, 2.24) is 4.90 Å². The Morgan fingerprint density at radius 2 is 1.58 bits per heavy atom. The summed E-state index contributed by atoms with van der Waals surface area (Å²) in [5.74, 6) is 4.55. The van der Waals surface area contributed by atoms with Crippen LogP contribution < -0.4 is 9.68 Å². The number of fused-ring (bicyclic) bond motifs is 6. The maximum atomic E-state index is 4.39. The fourth-order valence-electron chi connectivity index (χ4n) is 11.5. The Labute approximate surface area is 411 Å². The average Bonchev–Trinajstić information content (AvgIpc) is 3.77. The van der Waals surface area contributed by atoms with E-state index in [1.807, 2.05) is 11.3 Å². The van der Waals surface area contributed by atoms with Gasteiger partial charge in [-0.3, -0.25) is 0 Å². The van der Waals surface area contributed by atoms with Crippen LogP contribution in [-0.2, 0) is 16.2 Å². The Morgan fingerprint density at radius 1 is 0.866 bits per heavy atom. The fraction of sp³-hybridized carbons (Fsp3) is 0.460. The Hall–Kier alpha value is -4.54. The van der Waals surface area contributed by atoms with Crippen LogP contribution in [0.5, 0.6) is 0 Å². The maximum Gasteiger partial charge on any atom is 0.200 e. The smallest absolute Gasteiger partial charge is 0.200 e. The summed E-state index contributed by atoms with van der Waals surface area (Å²) in [4.78, 5) is 5.22. The fourth-order valence-corrected chi connectivity index (χ4v) is 12.6. The molecule has 67 heavy (non-hydrogen) atoms. The highest BCUT2D eigenvalue weighted by Crippen LogP contribution is 2.50. The molecule has 1 radical (unpaired) electrons. The van der Waals surface area contributed by atoms with Gasteiger partial charge in [-0.2, -0.15) is 0 Å². The topological polar surface area (TPSA) is 6.48 Å². The summed E-state index contributed by atoms with van der Waals surface area (Å²) in [5.41, 5.74) is 11.8. The third-order valence-corrected chi connectivity index (χ3v) is 17.4. The van der Waals surface area contributed by atoms with Crippen molar-refractivity contribution in [3.8, 4) is 0 Å². The van der Waals surface area contributed by atoms with Gasteiger partial charge in [-0.1, -0.05) is 161 Å². The molecule has 8 rings (SSSR count). The minimum atomic E-state index is 0.00199. The second-order valence-electron chi connectivity index (χ2n) is 23.1. The van der Waals surface area contributed by atoms with Gasteiger partial charge in [0.15, 0.2) is 7.28 Å². The van der Waals surface area contributed by atoms with Crippen LogP contribution in [0.2, 0.25) is 0 Å². The number of nitrogens with zero attached hydrogens (tertiary/aromatic N) is 2. The number of thiophene rings is 1. The second kappa shape index (κ2) is 19.8. The Morgan fingerprint density at radius 3 is 2.24 bits per heavy atom. The Kier molecular flexibility index (Phi) is 14.5. The monoisotopic (exact) mass is 908 g/mol. The summed E-state index contributed by atoms with van der Waals surface area (Å²) in [6, 6.07) is 19.1. The first kappa shape index (κ1) is 48.9. The number of allylic oxidation sites excluding steroid dienone is 6. The van der Waals surface area contributed by atoms with Gasteiger partial charge in [-0.15, -0.1) is 24.5 Å². The van der Waals surface area contributed by atoms with Gasteiger partial charge in [0.2, 0.25) is 0 Å². The zero-order chi connectivity index (χ0) is 47.8. The molecule has 3 aromatic carbocycles. The molecule has 2 heterocycles. The molecule has 1 aromatic heterocycles. The highest BCUT2D eigenvalue weighted by atomic mass is 32.1. The van der Waals surface area contributed by atoms with E-state index in [4.69, 9.17) is 0 Å². The SMILES string of the molecule is C=CCC1/C=C/N(/C=C/CCC2=Cc3cc4ccccc4cc3C2(C)C)/C(CC(C=C)C(C)C)=C\[B]c2sc3cc4c(cc3c2N1C1C=CC(C(C)CCC(C)C)=CC1)C(C)(C)CCC4(C)C. The van der Waals surface area contributed by atoms with Crippen LogP contribution in [0.25, 0.3) is 26.9 Å². The van der Waals surface area contributed by atoms with Gasteiger partial charge in [0, 0.05) is 33.6 Å². The molecule has 4 aromatic rings. The lowest BCUT2D eigenvalue weighted by Gasteiger charge is -2.42. The van der Waals surface area contributed by atoms with Crippen LogP contribution in [0.3, 0.4) is 0 Å². The maximum absolute atomic E-state index is 4.39. The molecular formula is C63H80BN2S. The van der Waals surface area contributed by atoms with Gasteiger partial charge in [0.1, 0.15) is 0 Å². The molecule has 4 heteroatoms. The molecule has 351 valence electrons. The summed E-state index contributed by atoms with van der Waals surface area (Å²) in [7, 11) is 2.47. The lowest BCUT2D eigenvalue weighted by atomic mass is 9.63. The molecule has 4 atom stereocenters. The number of hydrogen-bond donors (Lipinski definition) is 0. The van der Waals surface area contributed by atoms with Crippen LogP contribution in [-0.4, -0.2) is 24.3 Å². The molecule has 0 saturated carbocycles. The molecule has 0 fully saturated rings. The quantitative estimate of drug-likeness (QED) is 0.0866. The summed E-state index contributed by atoms with van der Waals surface area (Å²) < 4.78 is 2.74. The molecule has 4 unspecified atom stereocenters. The number of hydrogen-bond acceptors (Lipinski definition) is 3. The lowest BCUT2D eigenvalue weighted by Crippen LogP contribution is -2.45. The van der Waals surface area contributed by atoms with Gasteiger partial charge in [0.05, 0.1) is 17.8 Å². The van der Waals surface area contributed by atoms with E-state index >= 15 is 0 Å². The zero-order valence-electron chi connectivity index (χ0n) is 43.1. The first-order valence-corrected chi connectivity index (χ1v) is 26.7. The van der Waals surface area contributed by atoms with E-state index in [1.54, 1.807) is 0 Å². The molecule has 0 spiro atoms. The Balaban J connectivity index is 1.20. The molecule has 4 aliphatic rings. The normalized spacial score (nSPS) is 23.0. The first-order chi connectivity index (χ1) is 31.9. The van der Waals surface area contributed by atoms with Crippen molar-refractivity contribution in [3.63, 3.8) is 0 Å². The molecular weight excluding hydrogens is 828 g/mol. The standard InChI is InChI=1S/C63H80BN2S/c1-14-20-51-30-34-65(33-19-18-23-50-36-49-35-47-21-16-17-22-48(47)38-55(49)63(50,12)13)53(37-45(15-2)43(5)6)41-64-60-59(66(51)52-28-26-46(27-29-52)44(7)25-24-42(3)4)54-39-56-57(40-58(54)67-60)62(10,11)32-31-61(56,8)9/h14-17,19,21-22,26-28,30,33-36,38-45,51-52H,1-2,18,20,23-25,29,31-32,37H2,3-13H3/b33-19+,34-30+,53-41-. The van der Waals surface area contributed by atoms with Crippen LogP contribution in [0.15, 0.2) is 139 Å². The van der Waals surface area contributed by atoms with Crippen molar-refractivity contribution in [2.45, 2.75) is 162 Å². The number of anilines is 1. The van der Waals surface area contributed by atoms with Gasteiger partial charge >= 0.3 is 0 Å². The summed E-state index contributed by atoms with van der Waals surface area (Å²) in [5, 5.41) is 4.04. The summed E-state index contributed by atoms with van der Waals surface area (Å²) >= 11 is 1.99. The van der Waals surface area contributed by atoms with Crippen molar-refractivity contribution in [2.24, 2.45) is 23.7 Å². The predicted molar refractivity (Wildman–Crippen MR) is 298 cm³/mol. The number of benzene rings is 3. The third-order valence-electron chi connectivity index (χ3n) is 16.3. The van der Waals surface area contributed by atoms with Crippen LogP contribution in [0.1, 0.15) is 156 Å². The zero-order valence-corrected chi connectivity index (χ0v) is 43.9. The van der Waals surface area contributed by atoms with Crippen LogP contribution >= 0.6 is 11.3 Å². The lowest BCUT2D eigenvalue weighted by molar-refractivity contribution is 0.332. The van der Waals surface area contributed by atoms with Crippen molar-refractivity contribution < 1.29 is 0 Å². The number of rotatable bonds is 15. The molecule has 0 amide bonds. The molecule has 0 saturated heterocycles. The van der Waals surface area contributed by atoms with Crippen molar-refractivity contribution in [1.29, 1.82) is 0 Å². The van der Waals surface area contributed by atoms with Crippen LogP contribution in [0, 0.1) is 23.7 Å². The molecule has 0 N–H and O–H groups in total. The molecule has 2 nitrogen and oxygen atoms in total. The highest BCUT2D eigenvalue weighted by molar-refractivity contribution is 7.28. The Bertz CT molecular complexity index is 2670. The van der Waals surface area contributed by atoms with E-state index < -0.39 is 0 Å². The second-order valence-corrected chi connectivity index (χ2v) is 24.2. The minimum absolute atomic E-state index is 0.00199. The largest absolute Gasteiger partial charge is 0.357 e. The van der Waals surface area contributed by atoms with Crippen molar-refractivity contribution >= 4 is 56.0 Å². The van der Waals surface area contributed by atoms with E-state index in [1.165, 1.54) is 96.1 Å². The van der Waals surface area contributed by atoms with E-state index in [9.17, 15) is 0 Å². The third kappa shape index (κ3) is 10.1. The summed E-state index contributed by atoms with van der Waals surface area (Å²) in [6.07, 6.45) is 33.6. The van der Waals surface area contributed by atoms with E-state index in [0.717, 1.165) is 38.0 Å². The van der Waals surface area contributed by atoms with Crippen molar-refractivity contribution in [3.05, 3.63) is 162 Å². The molecule has 1 aliphatic heterocycles. The summed E-state index contributed by atoms with van der Waals surface area (Å²) in [6.45, 7) is 35.2. The van der Waals surface area contributed by atoms with Crippen molar-refractivity contribution in [2.75, 3.05) is 4.90 Å². The predicted octanol–water partition coefficient (Wildman–Crippen LogP) is 17.0. The minimum Gasteiger partial charge on any atom is -0.357 e. The van der Waals surface area contributed by atoms with Gasteiger partial charge in [0.25, 0.3) is 0 Å². The van der Waals surface area contributed by atoms with Gasteiger partial charge in [-0.05, 0) is 160 Å².